The van der Waals surface area contributed by atoms with Gasteiger partial charge in [0.1, 0.15) is 0 Å². The van der Waals surface area contributed by atoms with Crippen LogP contribution in [0.2, 0.25) is 0 Å². The highest BCUT2D eigenvalue weighted by Crippen LogP contribution is 1.88. The summed E-state index contributed by atoms with van der Waals surface area (Å²) in [7, 11) is 0. The van der Waals surface area contributed by atoms with Crippen molar-refractivity contribution in [3.05, 3.63) is 0 Å². The first-order valence-corrected chi connectivity index (χ1v) is 3.46. The number of carboxylic acids is 2. The standard InChI is InChI=1S/C7H11NO4/c1-5(4-7(11)12)8-3-2-6(9)10/h2-4H2,1H3,(H,9,10)(H,11,12). The van der Waals surface area contributed by atoms with Crippen molar-refractivity contribution in [3.63, 3.8) is 0 Å². The number of carboxylic acid groups (broad SMARTS) is 2. The summed E-state index contributed by atoms with van der Waals surface area (Å²) in [6, 6.07) is 0. The summed E-state index contributed by atoms with van der Waals surface area (Å²) in [5, 5.41) is 16.5. The van der Waals surface area contributed by atoms with Crippen LogP contribution in [0.15, 0.2) is 4.99 Å². The Labute approximate surface area is 69.7 Å². The van der Waals surface area contributed by atoms with Crippen LogP contribution in [0.3, 0.4) is 0 Å². The molecule has 0 saturated heterocycles. The summed E-state index contributed by atoms with van der Waals surface area (Å²) in [5.41, 5.74) is 0.448. The highest BCUT2D eigenvalue weighted by Gasteiger charge is 1.99. The molecule has 5 heteroatoms. The molecule has 0 aliphatic rings. The zero-order valence-electron chi connectivity index (χ0n) is 6.78. The Balaban J connectivity index is 3.69. The Kier molecular flexibility index (Phi) is 4.67. The van der Waals surface area contributed by atoms with Gasteiger partial charge in [0, 0.05) is 12.3 Å². The second kappa shape index (κ2) is 5.29. The lowest BCUT2D eigenvalue weighted by Gasteiger charge is -1.94. The minimum absolute atomic E-state index is 0.0586. The zero-order chi connectivity index (χ0) is 9.56. The Bertz CT molecular complexity index is 209. The van der Waals surface area contributed by atoms with Gasteiger partial charge in [-0.2, -0.15) is 0 Å². The fraction of sp³-hybridized carbons (Fsp3) is 0.571. The molecule has 12 heavy (non-hydrogen) atoms. The van der Waals surface area contributed by atoms with E-state index in [9.17, 15) is 9.59 Å². The van der Waals surface area contributed by atoms with Crippen molar-refractivity contribution in [2.45, 2.75) is 19.8 Å². The first-order chi connectivity index (χ1) is 5.52. The molecule has 0 radical (unpaired) electrons. The van der Waals surface area contributed by atoms with Gasteiger partial charge in [0.2, 0.25) is 0 Å². The van der Waals surface area contributed by atoms with Crippen LogP contribution >= 0.6 is 0 Å². The summed E-state index contributed by atoms with van der Waals surface area (Å²) in [6.07, 6.45) is -0.184. The van der Waals surface area contributed by atoms with Crippen molar-refractivity contribution < 1.29 is 19.8 Å². The third-order valence-electron chi connectivity index (χ3n) is 1.11. The maximum absolute atomic E-state index is 10.1. The minimum Gasteiger partial charge on any atom is -0.481 e. The average Bonchev–Trinajstić information content (AvgIpc) is 1.84. The van der Waals surface area contributed by atoms with E-state index in [0.717, 1.165) is 0 Å². The molecule has 0 fully saturated rings. The van der Waals surface area contributed by atoms with Crippen molar-refractivity contribution in [3.8, 4) is 0 Å². The molecule has 0 saturated carbocycles. The van der Waals surface area contributed by atoms with E-state index in [1.54, 1.807) is 6.92 Å². The monoisotopic (exact) mass is 173 g/mol. The molecule has 0 aromatic rings. The normalized spacial score (nSPS) is 11.2. The number of rotatable bonds is 5. The smallest absolute Gasteiger partial charge is 0.309 e. The van der Waals surface area contributed by atoms with Crippen LogP contribution in [0.5, 0.6) is 0 Å². The number of nitrogens with zero attached hydrogens (tertiary/aromatic N) is 1. The van der Waals surface area contributed by atoms with E-state index in [0.29, 0.717) is 5.71 Å². The van der Waals surface area contributed by atoms with Crippen molar-refractivity contribution in [1.82, 2.24) is 0 Å². The maximum atomic E-state index is 10.1. The van der Waals surface area contributed by atoms with Gasteiger partial charge in [-0.1, -0.05) is 0 Å². The molecule has 0 unspecified atom stereocenters. The quantitative estimate of drug-likeness (QED) is 0.589. The Morgan fingerprint density at radius 1 is 1.25 bits per heavy atom. The van der Waals surface area contributed by atoms with Gasteiger partial charge in [0.15, 0.2) is 0 Å². The largest absolute Gasteiger partial charge is 0.481 e. The molecule has 2 N–H and O–H groups in total. The molecule has 5 nitrogen and oxygen atoms in total. The zero-order valence-corrected chi connectivity index (χ0v) is 6.78. The van der Waals surface area contributed by atoms with Gasteiger partial charge in [0.25, 0.3) is 0 Å². The van der Waals surface area contributed by atoms with Gasteiger partial charge in [0.05, 0.1) is 12.8 Å². The molecule has 68 valence electrons. The van der Waals surface area contributed by atoms with Crippen molar-refractivity contribution in [2.24, 2.45) is 4.99 Å². The Morgan fingerprint density at radius 2 is 1.83 bits per heavy atom. The van der Waals surface area contributed by atoms with Gasteiger partial charge in [-0.3, -0.25) is 14.6 Å². The fourth-order valence-corrected chi connectivity index (χ4v) is 0.617. The molecule has 0 heterocycles. The molecule has 0 aromatic carbocycles. The van der Waals surface area contributed by atoms with Crippen LogP contribution in [-0.2, 0) is 9.59 Å². The fourth-order valence-electron chi connectivity index (χ4n) is 0.617. The summed E-state index contributed by atoms with van der Waals surface area (Å²) in [4.78, 5) is 23.9. The molecular formula is C7H11NO4. The number of carbonyl (C=O) groups is 2. The van der Waals surface area contributed by atoms with Gasteiger partial charge < -0.3 is 10.2 Å². The van der Waals surface area contributed by atoms with Crippen LogP contribution in [0.1, 0.15) is 19.8 Å². The van der Waals surface area contributed by atoms with Crippen LogP contribution < -0.4 is 0 Å². The average molecular weight is 173 g/mol. The SMILES string of the molecule is CC(CC(=O)O)=NCCC(=O)O. The van der Waals surface area contributed by atoms with Crippen LogP contribution in [0.25, 0.3) is 0 Å². The molecule has 0 atom stereocenters. The summed E-state index contributed by atoms with van der Waals surface area (Å²) in [5.74, 6) is -1.88. The first-order valence-electron chi connectivity index (χ1n) is 3.46. The van der Waals surface area contributed by atoms with Crippen LogP contribution in [0, 0.1) is 0 Å². The first kappa shape index (κ1) is 10.6. The summed E-state index contributed by atoms with van der Waals surface area (Å²) >= 11 is 0. The third kappa shape index (κ3) is 6.73. The molecule has 0 amide bonds. The summed E-state index contributed by atoms with van der Waals surface area (Å²) < 4.78 is 0. The van der Waals surface area contributed by atoms with E-state index in [4.69, 9.17) is 10.2 Å². The highest BCUT2D eigenvalue weighted by atomic mass is 16.4. The number of aliphatic imine (C=N–C) groups is 1. The van der Waals surface area contributed by atoms with Crippen molar-refractivity contribution in [1.29, 1.82) is 0 Å². The van der Waals surface area contributed by atoms with E-state index in [1.807, 2.05) is 0 Å². The third-order valence-corrected chi connectivity index (χ3v) is 1.11. The lowest BCUT2D eigenvalue weighted by molar-refractivity contribution is -0.137. The van der Waals surface area contributed by atoms with E-state index in [2.05, 4.69) is 4.99 Å². The van der Waals surface area contributed by atoms with Crippen LogP contribution in [-0.4, -0.2) is 34.4 Å². The maximum Gasteiger partial charge on any atom is 0.309 e. The van der Waals surface area contributed by atoms with Gasteiger partial charge in [-0.05, 0) is 6.92 Å². The molecule has 0 aliphatic heterocycles. The predicted molar refractivity (Wildman–Crippen MR) is 42.5 cm³/mol. The van der Waals surface area contributed by atoms with Crippen molar-refractivity contribution in [2.75, 3.05) is 6.54 Å². The molecule has 0 aromatic heterocycles. The summed E-state index contributed by atoms with van der Waals surface area (Å²) in [6.45, 7) is 1.71. The van der Waals surface area contributed by atoms with Crippen LogP contribution in [0.4, 0.5) is 0 Å². The Hall–Kier alpha value is -1.39. The highest BCUT2D eigenvalue weighted by molar-refractivity contribution is 5.96. The second-order valence-corrected chi connectivity index (χ2v) is 2.33. The lowest BCUT2D eigenvalue weighted by atomic mass is 10.3. The van der Waals surface area contributed by atoms with Gasteiger partial charge in [-0.25, -0.2) is 0 Å². The number of hydrogen-bond donors (Lipinski definition) is 2. The van der Waals surface area contributed by atoms with E-state index in [-0.39, 0.29) is 19.4 Å². The number of aliphatic carboxylic acids is 2. The molecule has 0 bridgehead atoms. The van der Waals surface area contributed by atoms with Gasteiger partial charge in [-0.15, -0.1) is 0 Å². The Morgan fingerprint density at radius 3 is 2.25 bits per heavy atom. The van der Waals surface area contributed by atoms with E-state index in [1.165, 1.54) is 0 Å². The topological polar surface area (TPSA) is 87.0 Å². The van der Waals surface area contributed by atoms with Gasteiger partial charge >= 0.3 is 11.9 Å². The number of hydrogen-bond acceptors (Lipinski definition) is 3. The van der Waals surface area contributed by atoms with Crippen molar-refractivity contribution >= 4 is 17.7 Å². The predicted octanol–water partition coefficient (Wildman–Crippen LogP) is 0.397. The molecule has 0 aliphatic carbocycles. The lowest BCUT2D eigenvalue weighted by Crippen LogP contribution is -2.05. The molecular weight excluding hydrogens is 162 g/mol. The minimum atomic E-state index is -0.952. The molecule has 0 spiro atoms. The van der Waals surface area contributed by atoms with E-state index >= 15 is 0 Å². The second-order valence-electron chi connectivity index (χ2n) is 2.33. The molecule has 0 rings (SSSR count). The van der Waals surface area contributed by atoms with E-state index < -0.39 is 11.9 Å².